The number of likely N-dealkylation sites (tertiary alicyclic amines) is 1. The van der Waals surface area contributed by atoms with Crippen LogP contribution in [0.5, 0.6) is 0 Å². The van der Waals surface area contributed by atoms with Gasteiger partial charge in [-0.2, -0.15) is 5.10 Å². The van der Waals surface area contributed by atoms with Crippen molar-refractivity contribution in [2.24, 2.45) is 5.10 Å². The van der Waals surface area contributed by atoms with Gasteiger partial charge in [-0.1, -0.05) is 45.9 Å². The lowest BCUT2D eigenvalue weighted by molar-refractivity contribution is 0.352. The van der Waals surface area contributed by atoms with Crippen LogP contribution in [-0.2, 0) is 9.84 Å². The standard InChI is InChI=1S/C19H23N3O2S.2C2H6/c1-22-14-5-6-16(13-15-22)20-21-17-9-11-19(12-10-17)25(23,24)18-7-3-2-4-8-18;2*1-2/h2-4,7-12,21H,5-6,13-15H2,1H3;2*1-2H3/b20-16-;;. The smallest absolute Gasteiger partial charge is 0.206 e. The normalized spacial score (nSPS) is 16.0. The van der Waals surface area contributed by atoms with Gasteiger partial charge in [0.25, 0.3) is 0 Å². The average Bonchev–Trinajstić information content (AvgIpc) is 3.00. The van der Waals surface area contributed by atoms with Crippen LogP contribution in [0.25, 0.3) is 0 Å². The van der Waals surface area contributed by atoms with Crippen LogP contribution in [0.1, 0.15) is 47.0 Å². The van der Waals surface area contributed by atoms with Crippen LogP contribution in [0, 0.1) is 0 Å². The maximum Gasteiger partial charge on any atom is 0.206 e. The van der Waals surface area contributed by atoms with Crippen molar-refractivity contribution < 1.29 is 8.42 Å². The van der Waals surface area contributed by atoms with Crippen LogP contribution in [0.2, 0.25) is 0 Å². The zero-order chi connectivity index (χ0) is 21.7. The molecule has 1 heterocycles. The molecule has 0 saturated carbocycles. The second kappa shape index (κ2) is 13.1. The highest BCUT2D eigenvalue weighted by atomic mass is 32.2. The molecule has 2 aromatic rings. The van der Waals surface area contributed by atoms with E-state index in [-0.39, 0.29) is 4.90 Å². The number of nitrogens with zero attached hydrogens (tertiary/aromatic N) is 2. The first kappa shape index (κ1) is 24.9. The molecule has 29 heavy (non-hydrogen) atoms. The van der Waals surface area contributed by atoms with Gasteiger partial charge in [0.2, 0.25) is 9.84 Å². The van der Waals surface area contributed by atoms with E-state index in [1.54, 1.807) is 54.6 Å². The number of sulfone groups is 1. The Labute approximate surface area is 176 Å². The summed E-state index contributed by atoms with van der Waals surface area (Å²) in [6.45, 7) is 10.1. The molecule has 0 amide bonds. The summed E-state index contributed by atoms with van der Waals surface area (Å²) in [5.74, 6) is 0. The second-order valence-corrected chi connectivity index (χ2v) is 8.24. The Morgan fingerprint density at radius 1 is 0.828 bits per heavy atom. The molecule has 0 aromatic heterocycles. The molecule has 0 spiro atoms. The topological polar surface area (TPSA) is 61.8 Å². The van der Waals surface area contributed by atoms with Crippen molar-refractivity contribution in [2.75, 3.05) is 25.6 Å². The SMILES string of the molecule is CC.CC.CN1CCC/C(=N/Nc2ccc(S(=O)(=O)c3ccccc3)cc2)CC1. The van der Waals surface area contributed by atoms with Gasteiger partial charge in [-0.15, -0.1) is 0 Å². The van der Waals surface area contributed by atoms with Crippen LogP contribution in [-0.4, -0.2) is 39.2 Å². The minimum absolute atomic E-state index is 0.285. The minimum atomic E-state index is -3.47. The van der Waals surface area contributed by atoms with Crippen molar-refractivity contribution >= 4 is 21.2 Å². The van der Waals surface area contributed by atoms with Gasteiger partial charge in [0, 0.05) is 18.7 Å². The second-order valence-electron chi connectivity index (χ2n) is 6.29. The van der Waals surface area contributed by atoms with Crippen LogP contribution in [0.3, 0.4) is 0 Å². The molecule has 0 radical (unpaired) electrons. The van der Waals surface area contributed by atoms with Gasteiger partial charge < -0.3 is 4.90 Å². The third-order valence-electron chi connectivity index (χ3n) is 4.35. The summed E-state index contributed by atoms with van der Waals surface area (Å²) in [4.78, 5) is 2.90. The quantitative estimate of drug-likeness (QED) is 0.672. The van der Waals surface area contributed by atoms with Gasteiger partial charge in [0.15, 0.2) is 0 Å². The van der Waals surface area contributed by atoms with Crippen molar-refractivity contribution in [3.63, 3.8) is 0 Å². The van der Waals surface area contributed by atoms with E-state index >= 15 is 0 Å². The molecule has 1 aliphatic heterocycles. The molecular weight excluding hydrogens is 382 g/mol. The first-order valence-corrected chi connectivity index (χ1v) is 11.9. The molecule has 1 N–H and O–H groups in total. The van der Waals surface area contributed by atoms with Crippen LogP contribution < -0.4 is 5.43 Å². The number of hydrazone groups is 1. The molecule has 160 valence electrons. The Kier molecular flexibility index (Phi) is 11.2. The highest BCUT2D eigenvalue weighted by Crippen LogP contribution is 2.22. The number of rotatable bonds is 4. The molecule has 0 atom stereocenters. The first-order chi connectivity index (χ1) is 14.1. The van der Waals surface area contributed by atoms with E-state index in [0.29, 0.717) is 4.90 Å². The van der Waals surface area contributed by atoms with Crippen molar-refractivity contribution in [1.82, 2.24) is 4.90 Å². The zero-order valence-corrected chi connectivity index (χ0v) is 19.2. The fraction of sp³-hybridized carbons (Fsp3) is 0.435. The number of benzene rings is 2. The van der Waals surface area contributed by atoms with Crippen molar-refractivity contribution in [1.29, 1.82) is 0 Å². The highest BCUT2D eigenvalue weighted by Gasteiger charge is 2.16. The lowest BCUT2D eigenvalue weighted by Gasteiger charge is -2.10. The lowest BCUT2D eigenvalue weighted by Crippen LogP contribution is -2.18. The summed E-state index contributed by atoms with van der Waals surface area (Å²) in [5.41, 5.74) is 5.00. The summed E-state index contributed by atoms with van der Waals surface area (Å²) in [5, 5.41) is 4.49. The van der Waals surface area contributed by atoms with E-state index in [9.17, 15) is 8.42 Å². The first-order valence-electron chi connectivity index (χ1n) is 10.5. The third-order valence-corrected chi connectivity index (χ3v) is 6.13. The molecule has 0 unspecified atom stereocenters. The van der Waals surface area contributed by atoms with E-state index in [1.807, 2.05) is 27.7 Å². The monoisotopic (exact) mass is 417 g/mol. The molecule has 6 heteroatoms. The van der Waals surface area contributed by atoms with Gasteiger partial charge in [-0.05, 0) is 62.8 Å². The van der Waals surface area contributed by atoms with Crippen LogP contribution >= 0.6 is 0 Å². The summed E-state index contributed by atoms with van der Waals surface area (Å²) in [6.07, 6.45) is 3.08. The van der Waals surface area contributed by atoms with Crippen LogP contribution in [0.4, 0.5) is 5.69 Å². The predicted octanol–water partition coefficient (Wildman–Crippen LogP) is 5.46. The fourth-order valence-electron chi connectivity index (χ4n) is 2.81. The molecule has 1 aliphatic rings. The van der Waals surface area contributed by atoms with E-state index in [1.165, 1.54) is 0 Å². The summed E-state index contributed by atoms with van der Waals surface area (Å²) >= 11 is 0. The molecule has 5 nitrogen and oxygen atoms in total. The Balaban J connectivity index is 0.000000989. The average molecular weight is 418 g/mol. The number of hydrogen-bond donors (Lipinski definition) is 1. The van der Waals surface area contributed by atoms with Gasteiger partial charge in [0.05, 0.1) is 15.5 Å². The molecule has 2 aromatic carbocycles. The Morgan fingerprint density at radius 3 is 2.03 bits per heavy atom. The molecule has 3 rings (SSSR count). The minimum Gasteiger partial charge on any atom is -0.306 e. The molecule has 0 aliphatic carbocycles. The Morgan fingerprint density at radius 2 is 1.41 bits per heavy atom. The maximum absolute atomic E-state index is 12.6. The van der Waals surface area contributed by atoms with Gasteiger partial charge in [0.1, 0.15) is 0 Å². The van der Waals surface area contributed by atoms with Gasteiger partial charge in [-0.3, -0.25) is 5.43 Å². The van der Waals surface area contributed by atoms with E-state index in [2.05, 4.69) is 22.5 Å². The number of anilines is 1. The lowest BCUT2D eigenvalue weighted by atomic mass is 10.2. The Hall–Kier alpha value is -2.18. The highest BCUT2D eigenvalue weighted by molar-refractivity contribution is 7.91. The summed E-state index contributed by atoms with van der Waals surface area (Å²) in [6, 6.07) is 15.2. The summed E-state index contributed by atoms with van der Waals surface area (Å²) in [7, 11) is -1.34. The van der Waals surface area contributed by atoms with E-state index < -0.39 is 9.84 Å². The van der Waals surface area contributed by atoms with Gasteiger partial charge >= 0.3 is 0 Å². The van der Waals surface area contributed by atoms with Crippen molar-refractivity contribution in [2.45, 2.75) is 56.7 Å². The molecule has 0 bridgehead atoms. The number of nitrogens with one attached hydrogen (secondary N) is 1. The summed E-state index contributed by atoms with van der Waals surface area (Å²) < 4.78 is 25.1. The van der Waals surface area contributed by atoms with E-state index in [4.69, 9.17) is 0 Å². The van der Waals surface area contributed by atoms with Gasteiger partial charge in [-0.25, -0.2) is 8.42 Å². The van der Waals surface area contributed by atoms with Crippen molar-refractivity contribution in [3.8, 4) is 0 Å². The Bertz CT molecular complexity index is 832. The maximum atomic E-state index is 12.6. The molecule has 1 saturated heterocycles. The third kappa shape index (κ3) is 7.63. The molecular formula is C23H35N3O2S. The number of hydrogen-bond acceptors (Lipinski definition) is 5. The van der Waals surface area contributed by atoms with Crippen LogP contribution in [0.15, 0.2) is 69.5 Å². The van der Waals surface area contributed by atoms with Crippen molar-refractivity contribution in [3.05, 3.63) is 54.6 Å². The predicted molar refractivity (Wildman–Crippen MR) is 123 cm³/mol. The largest absolute Gasteiger partial charge is 0.306 e. The molecule has 1 fully saturated rings. The van der Waals surface area contributed by atoms with E-state index in [0.717, 1.165) is 43.8 Å². The fourth-order valence-corrected chi connectivity index (χ4v) is 4.09. The zero-order valence-electron chi connectivity index (χ0n) is 18.4.